The number of nitrogens with zero attached hydrogens (tertiary/aromatic N) is 3. The van der Waals surface area contributed by atoms with Gasteiger partial charge in [-0.25, -0.2) is 4.98 Å². The van der Waals surface area contributed by atoms with Crippen molar-refractivity contribution in [2.75, 3.05) is 38.6 Å². The van der Waals surface area contributed by atoms with Crippen molar-refractivity contribution in [3.63, 3.8) is 0 Å². The molecule has 1 aromatic rings. The van der Waals surface area contributed by atoms with Gasteiger partial charge in [-0.2, -0.15) is 13.2 Å². The number of aromatic nitrogens is 1. The van der Waals surface area contributed by atoms with Gasteiger partial charge in [0, 0.05) is 61.2 Å². The number of nitrogens with two attached hydrogens (primary N) is 1. The van der Waals surface area contributed by atoms with E-state index in [1.807, 2.05) is 0 Å². The number of aliphatic imine (C=N–C) groups is 1. The third-order valence-corrected chi connectivity index (χ3v) is 7.55. The second kappa shape index (κ2) is 8.41. The summed E-state index contributed by atoms with van der Waals surface area (Å²) in [5.41, 5.74) is 5.75. The van der Waals surface area contributed by atoms with E-state index in [9.17, 15) is 13.2 Å². The Labute approximate surface area is 185 Å². The van der Waals surface area contributed by atoms with Gasteiger partial charge in [-0.3, -0.25) is 9.89 Å². The Bertz CT molecular complexity index is 895. The normalized spacial score (nSPS) is 30.9. The third-order valence-electron chi connectivity index (χ3n) is 7.55. The summed E-state index contributed by atoms with van der Waals surface area (Å²) in [7, 11) is 0. The topological polar surface area (TPSA) is 87.6 Å². The zero-order valence-electron chi connectivity index (χ0n) is 18.1. The molecular weight excluding hydrogens is 419 g/mol. The summed E-state index contributed by atoms with van der Waals surface area (Å²) >= 11 is 0. The highest BCUT2D eigenvalue weighted by Crippen LogP contribution is 2.59. The van der Waals surface area contributed by atoms with Crippen LogP contribution in [0.2, 0.25) is 0 Å². The molecule has 2 heterocycles. The average molecular weight is 450 g/mol. The van der Waals surface area contributed by atoms with Gasteiger partial charge in [0.05, 0.1) is 18.8 Å². The van der Waals surface area contributed by atoms with Crippen molar-refractivity contribution < 1.29 is 17.9 Å². The van der Waals surface area contributed by atoms with Crippen LogP contribution in [0.25, 0.3) is 0 Å². The molecule has 5 rings (SSSR count). The molecule has 0 amide bonds. The number of halogens is 3. The van der Waals surface area contributed by atoms with E-state index in [1.54, 1.807) is 0 Å². The molecule has 0 radical (unpaired) electrons. The Morgan fingerprint density at radius 3 is 2.53 bits per heavy atom. The van der Waals surface area contributed by atoms with Crippen LogP contribution in [-0.4, -0.2) is 60.2 Å². The van der Waals surface area contributed by atoms with Gasteiger partial charge < -0.3 is 15.9 Å². The van der Waals surface area contributed by atoms with Crippen molar-refractivity contribution in [2.24, 2.45) is 28.7 Å². The average Bonchev–Trinajstić information content (AvgIpc) is 3.68. The fourth-order valence-electron chi connectivity index (χ4n) is 5.52. The highest BCUT2D eigenvalue weighted by atomic mass is 19.4. The molecular formula is C23H30F3N5O. The number of fused-ring (bicyclic) bond motifs is 1. The molecule has 2 unspecified atom stereocenters. The van der Waals surface area contributed by atoms with E-state index in [1.165, 1.54) is 19.0 Å². The number of anilines is 1. The summed E-state index contributed by atoms with van der Waals surface area (Å²) in [4.78, 5) is 11.1. The lowest BCUT2D eigenvalue weighted by molar-refractivity contribution is -0.137. The van der Waals surface area contributed by atoms with E-state index in [0.717, 1.165) is 57.5 Å². The molecule has 3 saturated carbocycles. The van der Waals surface area contributed by atoms with Gasteiger partial charge >= 0.3 is 6.18 Å². The van der Waals surface area contributed by atoms with Crippen LogP contribution in [0.1, 0.15) is 43.2 Å². The molecule has 32 heavy (non-hydrogen) atoms. The van der Waals surface area contributed by atoms with E-state index in [0.29, 0.717) is 29.7 Å². The monoisotopic (exact) mass is 449 g/mol. The minimum atomic E-state index is -4.59. The molecule has 0 spiro atoms. The van der Waals surface area contributed by atoms with Crippen molar-refractivity contribution in [3.05, 3.63) is 23.4 Å². The summed E-state index contributed by atoms with van der Waals surface area (Å²) in [5, 5.41) is 8.51. The Balaban J connectivity index is 1.27. The first-order valence-electron chi connectivity index (χ1n) is 11.6. The Morgan fingerprint density at radius 1 is 1.22 bits per heavy atom. The lowest BCUT2D eigenvalue weighted by atomic mass is 9.96. The predicted octanol–water partition coefficient (Wildman–Crippen LogP) is 3.65. The fourth-order valence-corrected chi connectivity index (χ4v) is 5.52. The quantitative estimate of drug-likeness (QED) is 0.622. The fraction of sp³-hybridized carbons (Fsp3) is 0.696. The number of nitrogen functional groups attached to an aromatic ring is 1. The minimum absolute atomic E-state index is 0.132. The number of morpholine rings is 1. The van der Waals surface area contributed by atoms with Crippen LogP contribution in [0.15, 0.2) is 17.3 Å². The van der Waals surface area contributed by atoms with Crippen LogP contribution in [0.3, 0.4) is 0 Å². The highest BCUT2D eigenvalue weighted by Gasteiger charge is 2.58. The molecule has 1 aliphatic heterocycles. The highest BCUT2D eigenvalue weighted by molar-refractivity contribution is 6.12. The van der Waals surface area contributed by atoms with Gasteiger partial charge in [0.2, 0.25) is 0 Å². The summed E-state index contributed by atoms with van der Waals surface area (Å²) in [6.07, 6.45) is 1.66. The van der Waals surface area contributed by atoms with Crippen LogP contribution in [0.5, 0.6) is 0 Å². The molecule has 1 aromatic heterocycles. The number of ether oxygens (including phenoxy) is 1. The first kappa shape index (κ1) is 21.8. The van der Waals surface area contributed by atoms with Gasteiger partial charge in [-0.1, -0.05) is 0 Å². The Kier molecular flexibility index (Phi) is 5.73. The second-order valence-corrected chi connectivity index (χ2v) is 9.71. The molecule has 3 N–H and O–H groups in total. The molecule has 9 heteroatoms. The Hall–Kier alpha value is -2.00. The van der Waals surface area contributed by atoms with Gasteiger partial charge in [0.25, 0.3) is 0 Å². The van der Waals surface area contributed by atoms with Gasteiger partial charge in [0.15, 0.2) is 0 Å². The molecule has 4 fully saturated rings. The van der Waals surface area contributed by atoms with Gasteiger partial charge in [-0.05, 0) is 49.5 Å². The predicted molar refractivity (Wildman–Crippen MR) is 116 cm³/mol. The second-order valence-electron chi connectivity index (χ2n) is 9.71. The van der Waals surface area contributed by atoms with Gasteiger partial charge in [0.1, 0.15) is 5.82 Å². The summed E-state index contributed by atoms with van der Waals surface area (Å²) < 4.78 is 45.2. The minimum Gasteiger partial charge on any atom is -0.383 e. The molecule has 0 bridgehead atoms. The van der Waals surface area contributed by atoms with Crippen LogP contribution in [0, 0.1) is 29.1 Å². The zero-order chi connectivity index (χ0) is 22.5. The van der Waals surface area contributed by atoms with Crippen molar-refractivity contribution in [1.82, 2.24) is 9.88 Å². The van der Waals surface area contributed by atoms with Crippen LogP contribution >= 0.6 is 0 Å². The van der Waals surface area contributed by atoms with Crippen molar-refractivity contribution in [1.29, 1.82) is 5.41 Å². The zero-order valence-corrected chi connectivity index (χ0v) is 18.1. The first-order chi connectivity index (χ1) is 15.3. The molecule has 2 atom stereocenters. The van der Waals surface area contributed by atoms with Crippen molar-refractivity contribution >= 4 is 17.2 Å². The van der Waals surface area contributed by atoms with Gasteiger partial charge in [-0.15, -0.1) is 0 Å². The van der Waals surface area contributed by atoms with E-state index < -0.39 is 17.6 Å². The van der Waals surface area contributed by atoms with E-state index >= 15 is 0 Å². The van der Waals surface area contributed by atoms with Crippen LogP contribution in [0.4, 0.5) is 19.0 Å². The lowest BCUT2D eigenvalue weighted by Gasteiger charge is -2.33. The maximum atomic E-state index is 13.2. The number of hydrogen-bond acceptors (Lipinski definition) is 6. The Morgan fingerprint density at radius 2 is 1.91 bits per heavy atom. The first-order valence-corrected chi connectivity index (χ1v) is 11.6. The molecule has 6 nitrogen and oxygen atoms in total. The largest absolute Gasteiger partial charge is 0.419 e. The van der Waals surface area contributed by atoms with E-state index in [2.05, 4.69) is 9.88 Å². The number of rotatable bonds is 7. The molecule has 1 saturated heterocycles. The van der Waals surface area contributed by atoms with Crippen molar-refractivity contribution in [3.8, 4) is 0 Å². The molecule has 4 aliphatic rings. The number of pyridine rings is 1. The van der Waals surface area contributed by atoms with Crippen LogP contribution < -0.4 is 5.73 Å². The summed E-state index contributed by atoms with van der Waals surface area (Å²) in [6, 6.07) is 1.55. The lowest BCUT2D eigenvalue weighted by Crippen LogP contribution is -2.43. The van der Waals surface area contributed by atoms with E-state index in [4.69, 9.17) is 20.9 Å². The number of hydrogen-bond donors (Lipinski definition) is 2. The van der Waals surface area contributed by atoms with Crippen LogP contribution in [-0.2, 0) is 10.9 Å². The molecule has 0 aromatic carbocycles. The maximum absolute atomic E-state index is 13.2. The van der Waals surface area contributed by atoms with Crippen molar-refractivity contribution in [2.45, 2.75) is 44.3 Å². The molecule has 3 aliphatic carbocycles. The third kappa shape index (κ3) is 4.55. The summed E-state index contributed by atoms with van der Waals surface area (Å²) in [5.74, 6) is 1.62. The standard InChI is InChI=1S/C23H30F3N5O/c24-23(25,26)18-7-14(12-30-22(18)28)19(27)10-20(29-11-13-1-2-13)21-16-8-15(9-17(16)21)31-3-5-32-6-4-31/h7,12-13,15-17,21,27H,1-6,8-11H2,(H2,28,30). The number of nitrogens with one attached hydrogen (secondary N) is 1. The molecule has 174 valence electrons. The number of alkyl halides is 3. The summed E-state index contributed by atoms with van der Waals surface area (Å²) in [6.45, 7) is 4.37. The smallest absolute Gasteiger partial charge is 0.383 e. The maximum Gasteiger partial charge on any atom is 0.419 e. The SMILES string of the molecule is N=C(CC(=NCC1CC1)C1C2CC(N3CCOCC3)CC21)c1cnc(N)c(C(F)(F)F)c1. The van der Waals surface area contributed by atoms with E-state index in [-0.39, 0.29) is 17.7 Å².